The standard InChI is InChI=1S/C18H18S/c1-14(11-15-7-3-2-4-8-15)12-16-13-19-18-10-6-5-9-17(16)18/h2-10,13-14H,11-12H2,1H3. The average molecular weight is 266 g/mol. The van der Waals surface area contributed by atoms with Gasteiger partial charge in [0.1, 0.15) is 0 Å². The maximum Gasteiger partial charge on any atom is 0.0345 e. The van der Waals surface area contributed by atoms with E-state index in [1.54, 1.807) is 0 Å². The van der Waals surface area contributed by atoms with E-state index in [0.29, 0.717) is 5.92 Å². The van der Waals surface area contributed by atoms with E-state index in [0.717, 1.165) is 6.42 Å². The molecule has 96 valence electrons. The second-order valence-corrected chi connectivity index (χ2v) is 6.17. The van der Waals surface area contributed by atoms with Crippen molar-refractivity contribution in [3.8, 4) is 0 Å². The van der Waals surface area contributed by atoms with Gasteiger partial charge in [-0.3, -0.25) is 0 Å². The van der Waals surface area contributed by atoms with Crippen molar-refractivity contribution in [1.29, 1.82) is 0 Å². The monoisotopic (exact) mass is 266 g/mol. The quantitative estimate of drug-likeness (QED) is 0.599. The first kappa shape index (κ1) is 12.4. The molecule has 3 rings (SSSR count). The third-order valence-electron chi connectivity index (χ3n) is 3.56. The Morgan fingerprint density at radius 3 is 2.47 bits per heavy atom. The van der Waals surface area contributed by atoms with Crippen molar-refractivity contribution in [2.45, 2.75) is 19.8 Å². The molecular formula is C18H18S. The largest absolute Gasteiger partial charge is 0.144 e. The molecule has 3 aromatic rings. The Balaban J connectivity index is 1.74. The Bertz CT molecular complexity index is 652. The smallest absolute Gasteiger partial charge is 0.0345 e. The molecule has 0 amide bonds. The minimum absolute atomic E-state index is 0.681. The van der Waals surface area contributed by atoms with Crippen molar-refractivity contribution >= 4 is 21.4 Å². The van der Waals surface area contributed by atoms with E-state index in [1.165, 1.54) is 27.6 Å². The Kier molecular flexibility index (Phi) is 3.65. The summed E-state index contributed by atoms with van der Waals surface area (Å²) in [5.74, 6) is 0.681. The summed E-state index contributed by atoms with van der Waals surface area (Å²) in [6, 6.07) is 19.5. The number of benzene rings is 2. The number of fused-ring (bicyclic) bond motifs is 1. The van der Waals surface area contributed by atoms with E-state index in [4.69, 9.17) is 0 Å². The first-order valence-electron chi connectivity index (χ1n) is 6.82. The van der Waals surface area contributed by atoms with Crippen LogP contribution in [0.1, 0.15) is 18.1 Å². The Hall–Kier alpha value is -1.60. The van der Waals surface area contributed by atoms with Gasteiger partial charge in [-0.1, -0.05) is 55.5 Å². The first-order chi connectivity index (χ1) is 9.33. The lowest BCUT2D eigenvalue weighted by Crippen LogP contribution is -2.03. The van der Waals surface area contributed by atoms with Gasteiger partial charge in [0.15, 0.2) is 0 Å². The second kappa shape index (κ2) is 5.58. The lowest BCUT2D eigenvalue weighted by Gasteiger charge is -2.11. The van der Waals surface area contributed by atoms with Gasteiger partial charge in [0.2, 0.25) is 0 Å². The number of hydrogen-bond acceptors (Lipinski definition) is 1. The fraction of sp³-hybridized carbons (Fsp3) is 0.222. The Morgan fingerprint density at radius 2 is 1.63 bits per heavy atom. The van der Waals surface area contributed by atoms with Gasteiger partial charge in [-0.05, 0) is 46.7 Å². The number of rotatable bonds is 4. The van der Waals surface area contributed by atoms with Gasteiger partial charge in [-0.2, -0.15) is 0 Å². The van der Waals surface area contributed by atoms with E-state index in [-0.39, 0.29) is 0 Å². The summed E-state index contributed by atoms with van der Waals surface area (Å²) < 4.78 is 1.41. The molecule has 19 heavy (non-hydrogen) atoms. The molecule has 1 heteroatoms. The molecule has 1 heterocycles. The van der Waals surface area contributed by atoms with Crippen LogP contribution in [0.3, 0.4) is 0 Å². The van der Waals surface area contributed by atoms with Crippen molar-refractivity contribution in [3.63, 3.8) is 0 Å². The summed E-state index contributed by atoms with van der Waals surface area (Å²) in [6.07, 6.45) is 2.32. The molecule has 1 atom stereocenters. The molecule has 0 N–H and O–H groups in total. The molecule has 0 radical (unpaired) electrons. The molecule has 0 aliphatic heterocycles. The summed E-state index contributed by atoms with van der Waals surface area (Å²) >= 11 is 1.86. The van der Waals surface area contributed by atoms with Gasteiger partial charge in [-0.15, -0.1) is 11.3 Å². The van der Waals surface area contributed by atoms with Crippen LogP contribution in [0.25, 0.3) is 10.1 Å². The first-order valence-corrected chi connectivity index (χ1v) is 7.70. The number of hydrogen-bond donors (Lipinski definition) is 0. The van der Waals surface area contributed by atoms with E-state index < -0.39 is 0 Å². The molecular weight excluding hydrogens is 248 g/mol. The summed E-state index contributed by atoms with van der Waals surface area (Å²) in [6.45, 7) is 2.35. The van der Waals surface area contributed by atoms with Crippen LogP contribution in [-0.2, 0) is 12.8 Å². The molecule has 0 spiro atoms. The zero-order valence-electron chi connectivity index (χ0n) is 11.2. The lowest BCUT2D eigenvalue weighted by atomic mass is 9.94. The van der Waals surface area contributed by atoms with Gasteiger partial charge in [0.05, 0.1) is 0 Å². The van der Waals surface area contributed by atoms with E-state index in [2.05, 4.69) is 66.9 Å². The van der Waals surface area contributed by atoms with Crippen LogP contribution in [0.5, 0.6) is 0 Å². The van der Waals surface area contributed by atoms with Crippen LogP contribution in [0.4, 0.5) is 0 Å². The maximum atomic E-state index is 2.35. The summed E-state index contributed by atoms with van der Waals surface area (Å²) in [7, 11) is 0. The molecule has 0 bridgehead atoms. The van der Waals surface area contributed by atoms with Gasteiger partial charge in [0, 0.05) is 4.70 Å². The highest BCUT2D eigenvalue weighted by Gasteiger charge is 2.09. The molecule has 2 aromatic carbocycles. The van der Waals surface area contributed by atoms with Crippen LogP contribution in [0.2, 0.25) is 0 Å². The third kappa shape index (κ3) is 2.87. The summed E-state index contributed by atoms with van der Waals surface area (Å²) in [4.78, 5) is 0. The maximum absolute atomic E-state index is 2.35. The Morgan fingerprint density at radius 1 is 0.895 bits per heavy atom. The van der Waals surface area contributed by atoms with Gasteiger partial charge >= 0.3 is 0 Å². The van der Waals surface area contributed by atoms with E-state index in [9.17, 15) is 0 Å². The minimum atomic E-state index is 0.681. The zero-order valence-corrected chi connectivity index (χ0v) is 12.0. The minimum Gasteiger partial charge on any atom is -0.144 e. The molecule has 0 fully saturated rings. The molecule has 0 saturated carbocycles. The highest BCUT2D eigenvalue weighted by Crippen LogP contribution is 2.28. The zero-order chi connectivity index (χ0) is 13.1. The summed E-state index contributed by atoms with van der Waals surface area (Å²) in [5.41, 5.74) is 2.94. The van der Waals surface area contributed by atoms with Crippen molar-refractivity contribution < 1.29 is 0 Å². The average Bonchev–Trinajstić information content (AvgIpc) is 2.83. The van der Waals surface area contributed by atoms with Gasteiger partial charge in [-0.25, -0.2) is 0 Å². The third-order valence-corrected chi connectivity index (χ3v) is 4.57. The predicted molar refractivity (Wildman–Crippen MR) is 84.8 cm³/mol. The van der Waals surface area contributed by atoms with Crippen LogP contribution >= 0.6 is 11.3 Å². The van der Waals surface area contributed by atoms with Gasteiger partial charge in [0.25, 0.3) is 0 Å². The van der Waals surface area contributed by atoms with E-state index in [1.807, 2.05) is 11.3 Å². The summed E-state index contributed by atoms with van der Waals surface area (Å²) in [5, 5.41) is 3.76. The van der Waals surface area contributed by atoms with Crippen LogP contribution < -0.4 is 0 Å². The van der Waals surface area contributed by atoms with E-state index >= 15 is 0 Å². The Labute approximate surface area is 118 Å². The SMILES string of the molecule is CC(Cc1ccccc1)Cc1csc2ccccc12. The van der Waals surface area contributed by atoms with Crippen LogP contribution in [-0.4, -0.2) is 0 Å². The van der Waals surface area contributed by atoms with Crippen molar-refractivity contribution in [3.05, 3.63) is 71.1 Å². The fourth-order valence-corrected chi connectivity index (χ4v) is 3.63. The van der Waals surface area contributed by atoms with Crippen molar-refractivity contribution in [2.75, 3.05) is 0 Å². The molecule has 1 unspecified atom stereocenters. The van der Waals surface area contributed by atoms with Crippen molar-refractivity contribution in [1.82, 2.24) is 0 Å². The topological polar surface area (TPSA) is 0 Å². The highest BCUT2D eigenvalue weighted by molar-refractivity contribution is 7.17. The second-order valence-electron chi connectivity index (χ2n) is 5.26. The molecule has 1 aromatic heterocycles. The van der Waals surface area contributed by atoms with Gasteiger partial charge < -0.3 is 0 Å². The fourth-order valence-electron chi connectivity index (χ4n) is 2.65. The molecule has 0 aliphatic carbocycles. The van der Waals surface area contributed by atoms with Crippen molar-refractivity contribution in [2.24, 2.45) is 5.92 Å². The normalized spacial score (nSPS) is 12.7. The van der Waals surface area contributed by atoms with Crippen LogP contribution in [0.15, 0.2) is 60.0 Å². The molecule has 0 nitrogen and oxygen atoms in total. The molecule has 0 saturated heterocycles. The lowest BCUT2D eigenvalue weighted by molar-refractivity contribution is 0.580. The predicted octanol–water partition coefficient (Wildman–Crippen LogP) is 5.32. The number of thiophene rings is 1. The highest BCUT2D eigenvalue weighted by atomic mass is 32.1. The molecule has 0 aliphatic rings. The van der Waals surface area contributed by atoms with Crippen LogP contribution in [0, 0.1) is 5.92 Å².